The van der Waals surface area contributed by atoms with Crippen molar-refractivity contribution in [3.8, 4) is 0 Å². The molecule has 74 valence electrons. The quantitative estimate of drug-likeness (QED) is 0.619. The summed E-state index contributed by atoms with van der Waals surface area (Å²) in [5.74, 6) is -0.0208. The summed E-state index contributed by atoms with van der Waals surface area (Å²) in [5.41, 5.74) is -2.29. The van der Waals surface area contributed by atoms with E-state index in [1.165, 1.54) is 0 Å². The highest BCUT2D eigenvalue weighted by Gasteiger charge is 2.46. The third-order valence-corrected chi connectivity index (χ3v) is 2.39. The van der Waals surface area contributed by atoms with E-state index < -0.39 is 11.3 Å². The summed E-state index contributed by atoms with van der Waals surface area (Å²) in [6.07, 6.45) is 0. The van der Waals surface area contributed by atoms with Gasteiger partial charge in [-0.05, 0) is 33.9 Å². The maximum absolute atomic E-state index is 10.2. The van der Waals surface area contributed by atoms with E-state index in [1.807, 2.05) is 13.8 Å². The number of hydrogen-bond donors (Lipinski definition) is 2. The van der Waals surface area contributed by atoms with Crippen molar-refractivity contribution in [2.75, 3.05) is 14.1 Å². The Morgan fingerprint density at radius 1 is 1.08 bits per heavy atom. The fourth-order valence-corrected chi connectivity index (χ4v) is 1.77. The van der Waals surface area contributed by atoms with Gasteiger partial charge in [0.1, 0.15) is 11.3 Å². The minimum Gasteiger partial charge on any atom is -0.386 e. The van der Waals surface area contributed by atoms with E-state index in [0.717, 1.165) is 0 Å². The van der Waals surface area contributed by atoms with Crippen molar-refractivity contribution in [3.63, 3.8) is 0 Å². The van der Waals surface area contributed by atoms with E-state index in [9.17, 15) is 10.2 Å². The summed E-state index contributed by atoms with van der Waals surface area (Å²) in [5, 5.41) is 20.0. The molecule has 0 rings (SSSR count). The van der Waals surface area contributed by atoms with Crippen molar-refractivity contribution < 1.29 is 10.2 Å². The number of aliphatic hydroxyl groups is 2. The Morgan fingerprint density at radius 2 is 1.42 bits per heavy atom. The molecular formula is C9H21NO2. The molecule has 2 N–H and O–H groups in total. The Hall–Kier alpha value is -0.120. The highest BCUT2D eigenvalue weighted by molar-refractivity contribution is 4.93. The summed E-state index contributed by atoms with van der Waals surface area (Å²) in [6.45, 7) is 7.01. The molecule has 0 bridgehead atoms. The highest BCUT2D eigenvalue weighted by atomic mass is 16.4. The molecule has 0 aromatic heterocycles. The van der Waals surface area contributed by atoms with E-state index in [2.05, 4.69) is 0 Å². The van der Waals surface area contributed by atoms with Crippen molar-refractivity contribution in [2.24, 2.45) is 5.92 Å². The second-order valence-corrected chi connectivity index (χ2v) is 4.33. The lowest BCUT2D eigenvalue weighted by Crippen LogP contribution is -2.62. The first kappa shape index (κ1) is 11.9. The van der Waals surface area contributed by atoms with E-state index >= 15 is 0 Å². The summed E-state index contributed by atoms with van der Waals surface area (Å²) >= 11 is 0. The summed E-state index contributed by atoms with van der Waals surface area (Å²) < 4.78 is 0. The van der Waals surface area contributed by atoms with Gasteiger partial charge in [-0.15, -0.1) is 0 Å². The lowest BCUT2D eigenvalue weighted by Gasteiger charge is -2.46. The van der Waals surface area contributed by atoms with Crippen LogP contribution in [0.5, 0.6) is 0 Å². The van der Waals surface area contributed by atoms with E-state index in [4.69, 9.17) is 0 Å². The molecule has 0 aromatic rings. The molecule has 0 amide bonds. The van der Waals surface area contributed by atoms with Crippen molar-refractivity contribution in [1.29, 1.82) is 0 Å². The first-order valence-corrected chi connectivity index (χ1v) is 4.26. The Bertz CT molecular complexity index is 139. The predicted octanol–water partition coefficient (Wildman–Crippen LogP) is 0.663. The Kier molecular flexibility index (Phi) is 3.29. The van der Waals surface area contributed by atoms with E-state index in [1.54, 1.807) is 32.8 Å². The second kappa shape index (κ2) is 3.32. The van der Waals surface area contributed by atoms with Gasteiger partial charge in [0.25, 0.3) is 0 Å². The van der Waals surface area contributed by atoms with Crippen LogP contribution in [0, 0.1) is 5.92 Å². The number of hydrogen-bond acceptors (Lipinski definition) is 3. The SMILES string of the molecule is CC(C)C(O)(N(C)C)C(C)(C)O. The molecule has 0 aliphatic rings. The van der Waals surface area contributed by atoms with E-state index in [-0.39, 0.29) is 5.92 Å². The van der Waals surface area contributed by atoms with Gasteiger partial charge in [0.05, 0.1) is 0 Å². The molecule has 12 heavy (non-hydrogen) atoms. The predicted molar refractivity (Wildman–Crippen MR) is 49.8 cm³/mol. The largest absolute Gasteiger partial charge is 0.386 e. The minimum absolute atomic E-state index is 0.0208. The monoisotopic (exact) mass is 175 g/mol. The first-order valence-electron chi connectivity index (χ1n) is 4.26. The molecule has 0 aliphatic heterocycles. The zero-order valence-electron chi connectivity index (χ0n) is 8.92. The molecule has 0 saturated carbocycles. The van der Waals surface area contributed by atoms with E-state index in [0.29, 0.717) is 0 Å². The third-order valence-electron chi connectivity index (χ3n) is 2.39. The summed E-state index contributed by atoms with van der Waals surface area (Å²) in [6, 6.07) is 0. The van der Waals surface area contributed by atoms with Crippen LogP contribution < -0.4 is 0 Å². The molecule has 1 unspecified atom stereocenters. The van der Waals surface area contributed by atoms with Gasteiger partial charge in [-0.25, -0.2) is 0 Å². The zero-order valence-corrected chi connectivity index (χ0v) is 8.92. The highest BCUT2D eigenvalue weighted by Crippen LogP contribution is 2.31. The maximum atomic E-state index is 10.2. The number of likely N-dealkylation sites (N-methyl/N-ethyl adjacent to an activating group) is 1. The minimum atomic E-state index is -1.17. The molecule has 0 aliphatic carbocycles. The smallest absolute Gasteiger partial charge is 0.148 e. The average molecular weight is 175 g/mol. The summed E-state index contributed by atoms with van der Waals surface area (Å²) in [4.78, 5) is 1.65. The van der Waals surface area contributed by atoms with Gasteiger partial charge in [0.15, 0.2) is 0 Å². The molecule has 3 nitrogen and oxygen atoms in total. The fraction of sp³-hybridized carbons (Fsp3) is 1.00. The van der Waals surface area contributed by atoms with Crippen LogP contribution in [0.2, 0.25) is 0 Å². The zero-order chi connectivity index (χ0) is 10.2. The Balaban J connectivity index is 4.89. The topological polar surface area (TPSA) is 43.7 Å². The normalized spacial score (nSPS) is 18.5. The van der Waals surface area contributed by atoms with Crippen LogP contribution in [-0.4, -0.2) is 40.5 Å². The fourth-order valence-electron chi connectivity index (χ4n) is 1.77. The molecule has 0 fully saturated rings. The van der Waals surface area contributed by atoms with Crippen LogP contribution in [0.15, 0.2) is 0 Å². The number of nitrogens with zero attached hydrogens (tertiary/aromatic N) is 1. The average Bonchev–Trinajstić information content (AvgIpc) is 1.82. The molecule has 0 spiro atoms. The van der Waals surface area contributed by atoms with Crippen molar-refractivity contribution in [2.45, 2.75) is 39.0 Å². The molecule has 3 heteroatoms. The Labute approximate surface area is 75.0 Å². The third kappa shape index (κ3) is 1.79. The van der Waals surface area contributed by atoms with Crippen LogP contribution in [0.4, 0.5) is 0 Å². The van der Waals surface area contributed by atoms with Crippen molar-refractivity contribution >= 4 is 0 Å². The van der Waals surface area contributed by atoms with Gasteiger partial charge < -0.3 is 10.2 Å². The molecule has 0 radical (unpaired) electrons. The van der Waals surface area contributed by atoms with Gasteiger partial charge in [-0.3, -0.25) is 4.90 Å². The van der Waals surface area contributed by atoms with Gasteiger partial charge in [0.2, 0.25) is 0 Å². The van der Waals surface area contributed by atoms with Crippen LogP contribution in [0.3, 0.4) is 0 Å². The van der Waals surface area contributed by atoms with Gasteiger partial charge >= 0.3 is 0 Å². The molecular weight excluding hydrogens is 154 g/mol. The standard InChI is InChI=1S/C9H21NO2/c1-7(2)9(12,10(5)6)8(3,4)11/h7,11-12H,1-6H3. The lowest BCUT2D eigenvalue weighted by molar-refractivity contribution is -0.229. The molecule has 0 saturated heterocycles. The van der Waals surface area contributed by atoms with Gasteiger partial charge in [-0.1, -0.05) is 13.8 Å². The summed E-state index contributed by atoms with van der Waals surface area (Å²) in [7, 11) is 3.52. The number of rotatable bonds is 3. The molecule has 0 aromatic carbocycles. The van der Waals surface area contributed by atoms with Crippen LogP contribution in [0.25, 0.3) is 0 Å². The van der Waals surface area contributed by atoms with Crippen LogP contribution in [0.1, 0.15) is 27.7 Å². The first-order chi connectivity index (χ1) is 5.14. The van der Waals surface area contributed by atoms with Crippen molar-refractivity contribution in [3.05, 3.63) is 0 Å². The molecule has 0 heterocycles. The van der Waals surface area contributed by atoms with Crippen LogP contribution in [-0.2, 0) is 0 Å². The molecule has 1 atom stereocenters. The van der Waals surface area contributed by atoms with Crippen molar-refractivity contribution in [1.82, 2.24) is 4.90 Å². The van der Waals surface area contributed by atoms with Gasteiger partial charge in [0, 0.05) is 0 Å². The van der Waals surface area contributed by atoms with Gasteiger partial charge in [-0.2, -0.15) is 0 Å². The lowest BCUT2D eigenvalue weighted by atomic mass is 9.84. The van der Waals surface area contributed by atoms with Crippen LogP contribution >= 0.6 is 0 Å². The maximum Gasteiger partial charge on any atom is 0.148 e. The Morgan fingerprint density at radius 3 is 1.42 bits per heavy atom. The second-order valence-electron chi connectivity index (χ2n) is 4.33.